The molecule has 0 radical (unpaired) electrons. The Morgan fingerprint density at radius 2 is 1.66 bits per heavy atom. The molecule has 1 saturated heterocycles. The first-order chi connectivity index (χ1) is 15.2. The van der Waals surface area contributed by atoms with Crippen molar-refractivity contribution in [1.29, 1.82) is 0 Å². The van der Waals surface area contributed by atoms with Crippen molar-refractivity contribution in [1.82, 2.24) is 0 Å². The number of hydrogen-bond acceptors (Lipinski definition) is 7. The molecule has 1 heterocycles. The Balaban J connectivity index is 1.77. The van der Waals surface area contributed by atoms with Gasteiger partial charge in [0.25, 0.3) is 6.47 Å². The maximum absolute atomic E-state index is 13.0. The summed E-state index contributed by atoms with van der Waals surface area (Å²) in [4.78, 5) is 35.5. The zero-order valence-corrected chi connectivity index (χ0v) is 18.6. The minimum absolute atomic E-state index is 0.0182. The lowest BCUT2D eigenvalue weighted by molar-refractivity contribution is -0.183. The van der Waals surface area contributed by atoms with Crippen LogP contribution in [0.4, 0.5) is 0 Å². The standard InChI is InChI=1S/C25H28O7/c1-16(29-15-26)23(30-17(2)27)24-22(31-25(3,4)32-24)14-21(28)20-12-10-19(11-13-20)18-8-6-5-7-9-18/h5-13,15-16,22-24H,14H2,1-4H3/t16-,22+,23-,24-/m0/s1. The van der Waals surface area contributed by atoms with Gasteiger partial charge in [-0.3, -0.25) is 14.4 Å². The summed E-state index contributed by atoms with van der Waals surface area (Å²) in [7, 11) is 0. The maximum atomic E-state index is 13.0. The van der Waals surface area contributed by atoms with Gasteiger partial charge < -0.3 is 18.9 Å². The van der Waals surface area contributed by atoms with Gasteiger partial charge in [-0.1, -0.05) is 54.6 Å². The number of ether oxygens (including phenoxy) is 4. The fourth-order valence-corrected chi connectivity index (χ4v) is 3.87. The Labute approximate surface area is 187 Å². The van der Waals surface area contributed by atoms with Crippen LogP contribution in [-0.4, -0.2) is 48.4 Å². The normalized spacial score (nSPS) is 21.4. The second kappa shape index (κ2) is 10.1. The number of ketones is 1. The van der Waals surface area contributed by atoms with E-state index in [1.807, 2.05) is 42.5 Å². The van der Waals surface area contributed by atoms with Gasteiger partial charge in [0, 0.05) is 18.9 Å². The van der Waals surface area contributed by atoms with E-state index in [4.69, 9.17) is 18.9 Å². The monoisotopic (exact) mass is 440 g/mol. The second-order valence-corrected chi connectivity index (χ2v) is 8.22. The van der Waals surface area contributed by atoms with E-state index in [1.54, 1.807) is 32.9 Å². The summed E-state index contributed by atoms with van der Waals surface area (Å²) in [5.74, 6) is -1.68. The van der Waals surface area contributed by atoms with Crippen molar-refractivity contribution in [3.05, 3.63) is 60.2 Å². The molecule has 1 fully saturated rings. The number of Topliss-reactive ketones (excluding diaryl/α,β-unsaturated/α-hetero) is 1. The van der Waals surface area contributed by atoms with Crippen LogP contribution < -0.4 is 0 Å². The number of carbonyl (C=O) groups is 3. The van der Waals surface area contributed by atoms with Crippen LogP contribution in [-0.2, 0) is 28.5 Å². The van der Waals surface area contributed by atoms with E-state index in [0.717, 1.165) is 11.1 Å². The smallest absolute Gasteiger partial charge is 0.303 e. The van der Waals surface area contributed by atoms with Gasteiger partial charge in [-0.05, 0) is 31.9 Å². The predicted octanol–water partition coefficient (Wildman–Crippen LogP) is 3.94. The molecule has 0 spiro atoms. The molecular formula is C25H28O7. The van der Waals surface area contributed by atoms with E-state index in [-0.39, 0.29) is 18.7 Å². The summed E-state index contributed by atoms with van der Waals surface area (Å²) in [6.07, 6.45) is -3.14. The summed E-state index contributed by atoms with van der Waals surface area (Å²) < 4.78 is 22.3. The van der Waals surface area contributed by atoms with E-state index in [0.29, 0.717) is 5.56 Å². The van der Waals surface area contributed by atoms with E-state index in [2.05, 4.69) is 0 Å². The zero-order valence-electron chi connectivity index (χ0n) is 18.6. The molecule has 7 nitrogen and oxygen atoms in total. The number of benzene rings is 2. The van der Waals surface area contributed by atoms with Crippen molar-refractivity contribution in [3.63, 3.8) is 0 Å². The molecule has 0 aliphatic carbocycles. The topological polar surface area (TPSA) is 88.1 Å². The van der Waals surface area contributed by atoms with Gasteiger partial charge in [0.15, 0.2) is 17.7 Å². The van der Waals surface area contributed by atoms with Crippen molar-refractivity contribution in [2.45, 2.75) is 64.3 Å². The van der Waals surface area contributed by atoms with Crippen LogP contribution in [0, 0.1) is 0 Å². The first-order valence-electron chi connectivity index (χ1n) is 10.5. The van der Waals surface area contributed by atoms with Crippen LogP contribution in [0.5, 0.6) is 0 Å². The summed E-state index contributed by atoms with van der Waals surface area (Å²) in [6.45, 7) is 6.58. The zero-order chi connectivity index (χ0) is 23.3. The lowest BCUT2D eigenvalue weighted by Gasteiger charge is -2.29. The molecule has 0 bridgehead atoms. The van der Waals surface area contributed by atoms with Gasteiger partial charge >= 0.3 is 5.97 Å². The average molecular weight is 440 g/mol. The number of rotatable bonds is 9. The molecule has 1 aliphatic rings. The molecule has 170 valence electrons. The Hall–Kier alpha value is -3.03. The fourth-order valence-electron chi connectivity index (χ4n) is 3.87. The van der Waals surface area contributed by atoms with Gasteiger partial charge in [-0.15, -0.1) is 0 Å². The summed E-state index contributed by atoms with van der Waals surface area (Å²) in [5.41, 5.74) is 2.61. The van der Waals surface area contributed by atoms with Crippen molar-refractivity contribution >= 4 is 18.2 Å². The van der Waals surface area contributed by atoms with Crippen LogP contribution in [0.1, 0.15) is 44.5 Å². The SMILES string of the molecule is CC(=O)O[C@H]([C@H]1OC(C)(C)O[C@@H]1CC(=O)c1ccc(-c2ccccc2)cc1)[C@H](C)OC=O. The first kappa shape index (κ1) is 23.6. The van der Waals surface area contributed by atoms with E-state index in [1.165, 1.54) is 6.92 Å². The van der Waals surface area contributed by atoms with Crippen molar-refractivity contribution in [2.75, 3.05) is 0 Å². The maximum Gasteiger partial charge on any atom is 0.303 e. The van der Waals surface area contributed by atoms with Gasteiger partial charge in [0.05, 0.1) is 6.10 Å². The predicted molar refractivity (Wildman–Crippen MR) is 117 cm³/mol. The van der Waals surface area contributed by atoms with E-state index in [9.17, 15) is 14.4 Å². The molecule has 2 aromatic rings. The third-order valence-electron chi connectivity index (χ3n) is 5.28. The van der Waals surface area contributed by atoms with Gasteiger partial charge in [0.1, 0.15) is 12.2 Å². The Kier molecular flexibility index (Phi) is 7.43. The molecule has 0 amide bonds. The van der Waals surface area contributed by atoms with Gasteiger partial charge in [0.2, 0.25) is 0 Å². The summed E-state index contributed by atoms with van der Waals surface area (Å²) in [6, 6.07) is 17.2. The van der Waals surface area contributed by atoms with Crippen molar-refractivity contribution < 1.29 is 33.3 Å². The fraction of sp³-hybridized carbons (Fsp3) is 0.400. The van der Waals surface area contributed by atoms with E-state index >= 15 is 0 Å². The Bertz CT molecular complexity index is 937. The molecular weight excluding hydrogens is 412 g/mol. The van der Waals surface area contributed by atoms with Gasteiger partial charge in [-0.2, -0.15) is 0 Å². The molecule has 3 rings (SSSR count). The largest absolute Gasteiger partial charge is 0.461 e. The highest BCUT2D eigenvalue weighted by Crippen LogP contribution is 2.35. The highest BCUT2D eigenvalue weighted by Gasteiger charge is 2.49. The van der Waals surface area contributed by atoms with Crippen LogP contribution >= 0.6 is 0 Å². The highest BCUT2D eigenvalue weighted by molar-refractivity contribution is 5.96. The lowest BCUT2D eigenvalue weighted by Crippen LogP contribution is -2.46. The van der Waals surface area contributed by atoms with Crippen LogP contribution in [0.15, 0.2) is 54.6 Å². The molecule has 4 atom stereocenters. The molecule has 1 aliphatic heterocycles. The lowest BCUT2D eigenvalue weighted by atomic mass is 9.96. The second-order valence-electron chi connectivity index (χ2n) is 8.22. The third kappa shape index (κ3) is 5.81. The summed E-state index contributed by atoms with van der Waals surface area (Å²) >= 11 is 0. The molecule has 0 aromatic heterocycles. The van der Waals surface area contributed by atoms with E-state index < -0.39 is 36.2 Å². The quantitative estimate of drug-likeness (QED) is 0.331. The Morgan fingerprint density at radius 3 is 2.25 bits per heavy atom. The molecule has 0 saturated carbocycles. The number of esters is 1. The molecule has 0 N–H and O–H groups in total. The third-order valence-corrected chi connectivity index (χ3v) is 5.28. The molecule has 7 heteroatoms. The Morgan fingerprint density at radius 1 is 1.03 bits per heavy atom. The van der Waals surface area contributed by atoms with Crippen LogP contribution in [0.3, 0.4) is 0 Å². The average Bonchev–Trinajstić information content (AvgIpc) is 3.06. The van der Waals surface area contributed by atoms with Crippen molar-refractivity contribution in [2.24, 2.45) is 0 Å². The summed E-state index contributed by atoms with van der Waals surface area (Å²) in [5, 5.41) is 0. The van der Waals surface area contributed by atoms with Crippen LogP contribution in [0.25, 0.3) is 11.1 Å². The first-order valence-corrected chi connectivity index (χ1v) is 10.5. The molecule has 0 unspecified atom stereocenters. The minimum atomic E-state index is -0.994. The van der Waals surface area contributed by atoms with Crippen molar-refractivity contribution in [3.8, 4) is 11.1 Å². The molecule has 32 heavy (non-hydrogen) atoms. The number of carbonyl (C=O) groups excluding carboxylic acids is 3. The van der Waals surface area contributed by atoms with Crippen LogP contribution in [0.2, 0.25) is 0 Å². The van der Waals surface area contributed by atoms with Gasteiger partial charge in [-0.25, -0.2) is 0 Å². The molecule has 2 aromatic carbocycles. The minimum Gasteiger partial charge on any atom is -0.461 e. The number of hydrogen-bond donors (Lipinski definition) is 0. The highest BCUT2D eigenvalue weighted by atomic mass is 16.8.